The van der Waals surface area contributed by atoms with Gasteiger partial charge in [0.2, 0.25) is 5.88 Å². The monoisotopic (exact) mass is 291 g/mol. The van der Waals surface area contributed by atoms with E-state index in [0.29, 0.717) is 11.9 Å². The largest absolute Gasteiger partial charge is 0.481 e. The summed E-state index contributed by atoms with van der Waals surface area (Å²) in [7, 11) is 1.66. The van der Waals surface area contributed by atoms with Gasteiger partial charge in [0.15, 0.2) is 0 Å². The fourth-order valence-electron chi connectivity index (χ4n) is 2.73. The summed E-state index contributed by atoms with van der Waals surface area (Å²) in [6.07, 6.45) is 0. The number of rotatable bonds is 3. The lowest BCUT2D eigenvalue weighted by Crippen LogP contribution is -2.64. The Morgan fingerprint density at radius 1 is 1.38 bits per heavy atom. The Bertz CT molecular complexity index is 479. The quantitative estimate of drug-likeness (QED) is 0.929. The highest BCUT2D eigenvalue weighted by atomic mass is 16.5. The maximum absolute atomic E-state index is 5.23. The van der Waals surface area contributed by atoms with Gasteiger partial charge in [0.05, 0.1) is 12.8 Å². The molecule has 1 aromatic rings. The van der Waals surface area contributed by atoms with Gasteiger partial charge in [0.1, 0.15) is 0 Å². The molecule has 2 heterocycles. The zero-order chi connectivity index (χ0) is 15.7. The van der Waals surface area contributed by atoms with E-state index in [4.69, 9.17) is 4.74 Å². The first kappa shape index (κ1) is 16.2. The van der Waals surface area contributed by atoms with Gasteiger partial charge in [-0.25, -0.2) is 4.98 Å². The standard InChI is InChI=1S/C17H29N3O/c1-16(2,3)14-11-20(17(4,5)12-18-14)10-13-8-7-9-15(19-13)21-6/h7-9,14,18H,10-12H2,1-6H3. The molecule has 1 N–H and O–H groups in total. The highest BCUT2D eigenvalue weighted by molar-refractivity contribution is 5.16. The van der Waals surface area contributed by atoms with Crippen LogP contribution < -0.4 is 10.1 Å². The molecule has 1 aromatic heterocycles. The summed E-state index contributed by atoms with van der Waals surface area (Å²) in [5.41, 5.74) is 1.46. The molecule has 4 nitrogen and oxygen atoms in total. The molecule has 0 aromatic carbocycles. The van der Waals surface area contributed by atoms with E-state index in [1.807, 2.05) is 12.1 Å². The molecule has 1 saturated heterocycles. The molecule has 0 spiro atoms. The SMILES string of the molecule is COc1cccc(CN2CC(C(C)(C)C)NCC2(C)C)n1. The Hall–Kier alpha value is -1.13. The molecular formula is C17H29N3O. The number of nitrogens with zero attached hydrogens (tertiary/aromatic N) is 2. The fraction of sp³-hybridized carbons (Fsp3) is 0.706. The first-order valence-corrected chi connectivity index (χ1v) is 7.71. The Morgan fingerprint density at radius 3 is 2.71 bits per heavy atom. The number of aromatic nitrogens is 1. The van der Waals surface area contributed by atoms with E-state index < -0.39 is 0 Å². The van der Waals surface area contributed by atoms with Gasteiger partial charge in [-0.3, -0.25) is 4.90 Å². The average molecular weight is 291 g/mol. The molecule has 4 heteroatoms. The fourth-order valence-corrected chi connectivity index (χ4v) is 2.73. The zero-order valence-electron chi connectivity index (χ0n) is 14.2. The maximum atomic E-state index is 5.23. The first-order chi connectivity index (χ1) is 9.72. The molecule has 1 atom stereocenters. The number of ether oxygens (including phenoxy) is 1. The van der Waals surface area contributed by atoms with Gasteiger partial charge >= 0.3 is 0 Å². The number of hydrogen-bond acceptors (Lipinski definition) is 4. The Kier molecular flexibility index (Phi) is 4.59. The smallest absolute Gasteiger partial charge is 0.213 e. The number of pyridine rings is 1. The van der Waals surface area contributed by atoms with Crippen LogP contribution in [0.1, 0.15) is 40.3 Å². The Morgan fingerprint density at radius 2 is 2.10 bits per heavy atom. The molecule has 21 heavy (non-hydrogen) atoms. The van der Waals surface area contributed by atoms with Crippen LogP contribution in [0.5, 0.6) is 5.88 Å². The van der Waals surface area contributed by atoms with Crippen molar-refractivity contribution in [2.24, 2.45) is 5.41 Å². The van der Waals surface area contributed by atoms with Crippen molar-refractivity contribution in [3.05, 3.63) is 23.9 Å². The predicted octanol–water partition coefficient (Wildman–Crippen LogP) is 2.69. The van der Waals surface area contributed by atoms with Gasteiger partial charge in [-0.15, -0.1) is 0 Å². The van der Waals surface area contributed by atoms with E-state index in [1.54, 1.807) is 7.11 Å². The first-order valence-electron chi connectivity index (χ1n) is 7.71. The van der Waals surface area contributed by atoms with E-state index in [0.717, 1.165) is 25.3 Å². The summed E-state index contributed by atoms with van der Waals surface area (Å²) >= 11 is 0. The van der Waals surface area contributed by atoms with Gasteiger partial charge in [0.25, 0.3) is 0 Å². The summed E-state index contributed by atoms with van der Waals surface area (Å²) < 4.78 is 5.23. The molecule has 1 unspecified atom stereocenters. The van der Waals surface area contributed by atoms with Gasteiger partial charge in [-0.05, 0) is 25.3 Å². The topological polar surface area (TPSA) is 37.4 Å². The van der Waals surface area contributed by atoms with Crippen LogP contribution in [-0.4, -0.2) is 41.7 Å². The maximum Gasteiger partial charge on any atom is 0.213 e. The lowest BCUT2D eigenvalue weighted by atomic mass is 9.83. The van der Waals surface area contributed by atoms with Crippen molar-refractivity contribution in [1.82, 2.24) is 15.2 Å². The minimum absolute atomic E-state index is 0.131. The van der Waals surface area contributed by atoms with Crippen LogP contribution in [0.3, 0.4) is 0 Å². The summed E-state index contributed by atoms with van der Waals surface area (Å²) in [6.45, 7) is 14.4. The lowest BCUT2D eigenvalue weighted by molar-refractivity contribution is 0.0285. The second kappa shape index (κ2) is 5.93. The van der Waals surface area contributed by atoms with Crippen LogP contribution in [0.4, 0.5) is 0 Å². The molecule has 118 valence electrons. The molecule has 0 bridgehead atoms. The molecule has 0 aliphatic carbocycles. The van der Waals surface area contributed by atoms with Crippen LogP contribution in [0, 0.1) is 5.41 Å². The number of methoxy groups -OCH3 is 1. The summed E-state index contributed by atoms with van der Waals surface area (Å²) in [5, 5.41) is 3.70. The van der Waals surface area contributed by atoms with Crippen molar-refractivity contribution in [3.8, 4) is 5.88 Å². The molecule has 1 aliphatic heterocycles. The molecule has 0 saturated carbocycles. The zero-order valence-corrected chi connectivity index (χ0v) is 14.2. The summed E-state index contributed by atoms with van der Waals surface area (Å²) in [4.78, 5) is 7.08. The van der Waals surface area contributed by atoms with Crippen molar-refractivity contribution in [2.45, 2.75) is 52.7 Å². The summed E-state index contributed by atoms with van der Waals surface area (Å²) in [5.74, 6) is 0.688. The second-order valence-corrected chi connectivity index (χ2v) is 7.66. The number of piperazine rings is 1. The van der Waals surface area contributed by atoms with E-state index in [-0.39, 0.29) is 11.0 Å². The van der Waals surface area contributed by atoms with Crippen LogP contribution >= 0.6 is 0 Å². The molecule has 0 amide bonds. The van der Waals surface area contributed by atoms with Crippen molar-refractivity contribution in [2.75, 3.05) is 20.2 Å². The molecule has 2 rings (SSSR count). The minimum Gasteiger partial charge on any atom is -0.481 e. The molecule has 1 fully saturated rings. The minimum atomic E-state index is 0.131. The van der Waals surface area contributed by atoms with Gasteiger partial charge in [-0.1, -0.05) is 26.8 Å². The number of hydrogen-bond donors (Lipinski definition) is 1. The summed E-state index contributed by atoms with van der Waals surface area (Å²) in [6, 6.07) is 6.48. The molecule has 1 aliphatic rings. The Labute approximate surface area is 128 Å². The van der Waals surface area contributed by atoms with Gasteiger partial charge < -0.3 is 10.1 Å². The third-order valence-electron chi connectivity index (χ3n) is 4.43. The second-order valence-electron chi connectivity index (χ2n) is 7.66. The van der Waals surface area contributed by atoms with Crippen LogP contribution in [0.25, 0.3) is 0 Å². The van der Waals surface area contributed by atoms with Crippen LogP contribution in [0.15, 0.2) is 18.2 Å². The molecule has 0 radical (unpaired) electrons. The molecular weight excluding hydrogens is 262 g/mol. The highest BCUT2D eigenvalue weighted by Crippen LogP contribution is 2.28. The highest BCUT2D eigenvalue weighted by Gasteiger charge is 2.38. The van der Waals surface area contributed by atoms with Crippen molar-refractivity contribution < 1.29 is 4.74 Å². The van der Waals surface area contributed by atoms with Gasteiger partial charge in [0, 0.05) is 37.3 Å². The predicted molar refractivity (Wildman–Crippen MR) is 86.5 cm³/mol. The van der Waals surface area contributed by atoms with Crippen molar-refractivity contribution in [3.63, 3.8) is 0 Å². The average Bonchev–Trinajstić information content (AvgIpc) is 2.40. The van der Waals surface area contributed by atoms with Crippen molar-refractivity contribution in [1.29, 1.82) is 0 Å². The third-order valence-corrected chi connectivity index (χ3v) is 4.43. The van der Waals surface area contributed by atoms with E-state index in [1.165, 1.54) is 0 Å². The van der Waals surface area contributed by atoms with Gasteiger partial charge in [-0.2, -0.15) is 0 Å². The van der Waals surface area contributed by atoms with Crippen LogP contribution in [0.2, 0.25) is 0 Å². The lowest BCUT2D eigenvalue weighted by Gasteiger charge is -2.49. The normalized spacial score (nSPS) is 23.0. The Balaban J connectivity index is 2.14. The van der Waals surface area contributed by atoms with E-state index in [9.17, 15) is 0 Å². The third kappa shape index (κ3) is 3.95. The van der Waals surface area contributed by atoms with Crippen LogP contribution in [-0.2, 0) is 6.54 Å². The van der Waals surface area contributed by atoms with E-state index in [2.05, 4.69) is 55.9 Å². The van der Waals surface area contributed by atoms with Crippen molar-refractivity contribution >= 4 is 0 Å². The van der Waals surface area contributed by atoms with E-state index >= 15 is 0 Å². The number of nitrogens with one attached hydrogen (secondary N) is 1.